The van der Waals surface area contributed by atoms with Crippen LogP contribution in [0.3, 0.4) is 0 Å². The van der Waals surface area contributed by atoms with Gasteiger partial charge in [0.25, 0.3) is 0 Å². The maximum absolute atomic E-state index is 13.2. The number of rotatable bonds is 60. The number of amides is 1. The highest BCUT2D eigenvalue weighted by Gasteiger charge is 2.44. The molecule has 1 saturated heterocycles. The predicted molar refractivity (Wildman–Crippen MR) is 320 cm³/mol. The van der Waals surface area contributed by atoms with Crippen LogP contribution in [0, 0.1) is 0 Å². The minimum atomic E-state index is -1.59. The highest BCUT2D eigenvalue weighted by atomic mass is 16.7. The lowest BCUT2D eigenvalue weighted by Gasteiger charge is -2.40. The maximum Gasteiger partial charge on any atom is 0.249 e. The third-order valence-electron chi connectivity index (χ3n) is 16.8. The molecule has 1 aliphatic rings. The van der Waals surface area contributed by atoms with Crippen LogP contribution in [0.25, 0.3) is 0 Å². The number of aliphatic hydroxyl groups excluding tert-OH is 6. The number of unbranched alkanes of at least 4 members (excludes halogenated alkanes) is 49. The molecule has 1 heterocycles. The standard InChI is InChI=1S/C66H131NO9/c1-3-5-7-9-11-13-15-17-19-21-22-23-24-25-26-27-28-29-30-31-32-33-34-35-36-37-39-41-43-45-47-49-51-53-55-60(70)65(74)67-58(57-75-66-64(73)63(72)62(71)61(56-68)76-66)59(69)54-52-50-48-46-44-42-40-38-20-18-16-14-12-10-8-6-4-2/h58-64,66,68-73H,3-57H2,1-2H3,(H,67,74). The summed E-state index contributed by atoms with van der Waals surface area (Å²) in [4.78, 5) is 13.2. The SMILES string of the molecule is CCCCCCCCCCCCCCCCCCCCCCCCCCCCCCCCCCCCC(O)C(=O)NC(COC1OC(CO)C(O)C(O)C1O)C(O)CCCCCCCCCCCCCCCCCCC. The molecule has 0 radical (unpaired) electrons. The molecule has 8 atom stereocenters. The second kappa shape index (κ2) is 56.0. The van der Waals surface area contributed by atoms with Crippen molar-refractivity contribution in [3.8, 4) is 0 Å². The monoisotopic (exact) mass is 1080 g/mol. The van der Waals surface area contributed by atoms with E-state index in [4.69, 9.17) is 9.47 Å². The number of ether oxygens (including phenoxy) is 2. The second-order valence-corrected chi connectivity index (χ2v) is 24.1. The van der Waals surface area contributed by atoms with Crippen LogP contribution in [0.15, 0.2) is 0 Å². The summed E-state index contributed by atoms with van der Waals surface area (Å²) in [6, 6.07) is -0.890. The quantitative estimate of drug-likeness (QED) is 0.0293. The summed E-state index contributed by atoms with van der Waals surface area (Å²) in [5.74, 6) is -0.574. The average Bonchev–Trinajstić information content (AvgIpc) is 3.42. The Hall–Kier alpha value is -0.850. The van der Waals surface area contributed by atoms with Crippen LogP contribution in [-0.2, 0) is 14.3 Å². The molecule has 0 bridgehead atoms. The Labute approximate surface area is 470 Å². The van der Waals surface area contributed by atoms with Gasteiger partial charge in [0, 0.05) is 0 Å². The molecule has 8 unspecified atom stereocenters. The van der Waals surface area contributed by atoms with Crippen molar-refractivity contribution in [1.29, 1.82) is 0 Å². The molecule has 0 aromatic carbocycles. The van der Waals surface area contributed by atoms with E-state index in [0.717, 1.165) is 38.5 Å². The van der Waals surface area contributed by atoms with Gasteiger partial charge in [0.2, 0.25) is 5.91 Å². The average molecular weight is 1080 g/mol. The molecule has 10 heteroatoms. The molecule has 0 aliphatic carbocycles. The summed E-state index contributed by atoms with van der Waals surface area (Å²) >= 11 is 0. The molecule has 0 aromatic rings. The van der Waals surface area contributed by atoms with Crippen molar-refractivity contribution in [2.75, 3.05) is 13.2 Å². The van der Waals surface area contributed by atoms with Gasteiger partial charge in [-0.05, 0) is 12.8 Å². The van der Waals surface area contributed by atoms with E-state index < -0.39 is 61.5 Å². The van der Waals surface area contributed by atoms with E-state index in [-0.39, 0.29) is 6.61 Å². The Balaban J connectivity index is 2.09. The summed E-state index contributed by atoms with van der Waals surface area (Å²) in [5.41, 5.74) is 0. The first-order chi connectivity index (χ1) is 37.3. The summed E-state index contributed by atoms with van der Waals surface area (Å²) in [5, 5.41) is 65.4. The highest BCUT2D eigenvalue weighted by molar-refractivity contribution is 5.80. The van der Waals surface area contributed by atoms with Gasteiger partial charge < -0.3 is 45.4 Å². The van der Waals surface area contributed by atoms with Crippen molar-refractivity contribution >= 4 is 5.91 Å². The lowest BCUT2D eigenvalue weighted by Crippen LogP contribution is -2.60. The summed E-state index contributed by atoms with van der Waals surface area (Å²) in [6.45, 7) is 3.73. The normalized spacial score (nSPS) is 19.1. The van der Waals surface area contributed by atoms with Crippen LogP contribution in [0.2, 0.25) is 0 Å². The van der Waals surface area contributed by atoms with Gasteiger partial charge in [-0.2, -0.15) is 0 Å². The first-order valence-electron chi connectivity index (χ1n) is 33.8. The first kappa shape index (κ1) is 73.2. The first-order valence-corrected chi connectivity index (χ1v) is 33.8. The molecule has 1 rings (SSSR count). The van der Waals surface area contributed by atoms with Gasteiger partial charge in [-0.15, -0.1) is 0 Å². The third-order valence-corrected chi connectivity index (χ3v) is 16.8. The fourth-order valence-corrected chi connectivity index (χ4v) is 11.4. The van der Waals surface area contributed by atoms with E-state index >= 15 is 0 Å². The molecule has 1 amide bonds. The fourth-order valence-electron chi connectivity index (χ4n) is 11.4. The Bertz CT molecular complexity index is 1180. The molecule has 7 N–H and O–H groups in total. The van der Waals surface area contributed by atoms with E-state index in [1.807, 2.05) is 0 Å². The minimum Gasteiger partial charge on any atom is -0.394 e. The van der Waals surface area contributed by atoms with E-state index in [1.54, 1.807) is 0 Å². The van der Waals surface area contributed by atoms with Crippen molar-refractivity contribution < 1.29 is 44.9 Å². The molecule has 0 saturated carbocycles. The summed E-state index contributed by atoms with van der Waals surface area (Å²) in [6.07, 6.45) is 59.2. The molecule has 76 heavy (non-hydrogen) atoms. The van der Waals surface area contributed by atoms with Crippen LogP contribution in [0.1, 0.15) is 354 Å². The second-order valence-electron chi connectivity index (χ2n) is 24.1. The van der Waals surface area contributed by atoms with Gasteiger partial charge in [-0.3, -0.25) is 4.79 Å². The molecule has 1 aliphatic heterocycles. The van der Waals surface area contributed by atoms with Crippen LogP contribution >= 0.6 is 0 Å². The van der Waals surface area contributed by atoms with Gasteiger partial charge in [0.15, 0.2) is 6.29 Å². The smallest absolute Gasteiger partial charge is 0.249 e. The van der Waals surface area contributed by atoms with Crippen molar-refractivity contribution in [2.45, 2.75) is 403 Å². The molecule has 1 fully saturated rings. The van der Waals surface area contributed by atoms with E-state index in [9.17, 15) is 35.4 Å². The molecule has 454 valence electrons. The van der Waals surface area contributed by atoms with Crippen LogP contribution in [0.5, 0.6) is 0 Å². The topological polar surface area (TPSA) is 169 Å². The van der Waals surface area contributed by atoms with Crippen molar-refractivity contribution in [2.24, 2.45) is 0 Å². The van der Waals surface area contributed by atoms with E-state index in [0.29, 0.717) is 12.8 Å². The predicted octanol–water partition coefficient (Wildman–Crippen LogP) is 16.7. The van der Waals surface area contributed by atoms with E-state index in [1.165, 1.54) is 289 Å². The van der Waals surface area contributed by atoms with Crippen LogP contribution in [0.4, 0.5) is 0 Å². The lowest BCUT2D eigenvalue weighted by molar-refractivity contribution is -0.302. The molecule has 10 nitrogen and oxygen atoms in total. The maximum atomic E-state index is 13.2. The van der Waals surface area contributed by atoms with Crippen LogP contribution in [-0.4, -0.2) is 98.7 Å². The number of aliphatic hydroxyl groups is 6. The number of hydrogen-bond donors (Lipinski definition) is 7. The lowest BCUT2D eigenvalue weighted by atomic mass is 9.99. The zero-order valence-corrected chi connectivity index (χ0v) is 50.4. The van der Waals surface area contributed by atoms with Gasteiger partial charge in [-0.1, -0.05) is 341 Å². The van der Waals surface area contributed by atoms with Crippen molar-refractivity contribution in [3.63, 3.8) is 0 Å². The van der Waals surface area contributed by atoms with Gasteiger partial charge in [0.1, 0.15) is 30.5 Å². The third kappa shape index (κ3) is 43.9. The molecular weight excluding hydrogens is 951 g/mol. The number of carbonyl (C=O) groups excluding carboxylic acids is 1. The van der Waals surface area contributed by atoms with Crippen molar-refractivity contribution in [1.82, 2.24) is 5.32 Å². The fraction of sp³-hybridized carbons (Fsp3) is 0.985. The van der Waals surface area contributed by atoms with Crippen LogP contribution < -0.4 is 5.32 Å². The van der Waals surface area contributed by atoms with Gasteiger partial charge >= 0.3 is 0 Å². The Kier molecular flexibility index (Phi) is 53.9. The molecule has 0 spiro atoms. The Morgan fingerprint density at radius 1 is 0.395 bits per heavy atom. The zero-order valence-electron chi connectivity index (χ0n) is 50.4. The minimum absolute atomic E-state index is 0.249. The number of hydrogen-bond acceptors (Lipinski definition) is 9. The molecular formula is C66H131NO9. The number of carbonyl (C=O) groups is 1. The molecule has 0 aromatic heterocycles. The zero-order chi connectivity index (χ0) is 55.2. The largest absolute Gasteiger partial charge is 0.394 e. The Morgan fingerprint density at radius 2 is 0.658 bits per heavy atom. The van der Waals surface area contributed by atoms with E-state index in [2.05, 4.69) is 19.2 Å². The summed E-state index contributed by atoms with van der Waals surface area (Å²) < 4.78 is 11.3. The Morgan fingerprint density at radius 3 is 0.934 bits per heavy atom. The van der Waals surface area contributed by atoms with Gasteiger partial charge in [0.05, 0.1) is 25.4 Å². The van der Waals surface area contributed by atoms with Gasteiger partial charge in [-0.25, -0.2) is 0 Å². The number of nitrogens with one attached hydrogen (secondary N) is 1. The van der Waals surface area contributed by atoms with Crippen molar-refractivity contribution in [3.05, 3.63) is 0 Å². The highest BCUT2D eigenvalue weighted by Crippen LogP contribution is 2.24. The summed E-state index contributed by atoms with van der Waals surface area (Å²) in [7, 11) is 0.